The van der Waals surface area contributed by atoms with Crippen LogP contribution in [-0.2, 0) is 10.2 Å². The van der Waals surface area contributed by atoms with Crippen LogP contribution >= 0.6 is 0 Å². The number of benzene rings is 1. The van der Waals surface area contributed by atoms with Gasteiger partial charge in [0.2, 0.25) is 0 Å². The third-order valence-corrected chi connectivity index (χ3v) is 5.84. The van der Waals surface area contributed by atoms with Gasteiger partial charge in [0, 0.05) is 38.8 Å². The van der Waals surface area contributed by atoms with Gasteiger partial charge in [0.15, 0.2) is 0 Å². The van der Waals surface area contributed by atoms with Crippen molar-refractivity contribution in [3.05, 3.63) is 30.1 Å². The summed E-state index contributed by atoms with van der Waals surface area (Å²) < 4.78 is 27.5. The number of aromatic amines is 1. The first kappa shape index (κ1) is 16.9. The largest absolute Gasteiger partial charge is 0.345 e. The van der Waals surface area contributed by atoms with Crippen LogP contribution in [0.25, 0.3) is 11.0 Å². The molecule has 24 heavy (non-hydrogen) atoms. The highest BCUT2D eigenvalue weighted by Gasteiger charge is 2.27. The van der Waals surface area contributed by atoms with E-state index in [9.17, 15) is 13.2 Å². The zero-order valence-electron chi connectivity index (χ0n) is 13.7. The lowest BCUT2D eigenvalue weighted by Crippen LogP contribution is -2.49. The minimum atomic E-state index is -3.44. The summed E-state index contributed by atoms with van der Waals surface area (Å²) in [5.41, 5.74) is 2.26. The second-order valence-electron chi connectivity index (χ2n) is 6.11. The van der Waals surface area contributed by atoms with E-state index in [0.29, 0.717) is 31.5 Å². The first-order valence-corrected chi connectivity index (χ1v) is 9.23. The van der Waals surface area contributed by atoms with Crippen LogP contribution in [0.15, 0.2) is 24.5 Å². The van der Waals surface area contributed by atoms with E-state index in [2.05, 4.69) is 14.7 Å². The molecule has 0 bridgehead atoms. The van der Waals surface area contributed by atoms with Crippen molar-refractivity contribution < 1.29 is 13.2 Å². The predicted molar refractivity (Wildman–Crippen MR) is 90.8 cm³/mol. The summed E-state index contributed by atoms with van der Waals surface area (Å²) >= 11 is 0. The average molecular weight is 351 g/mol. The van der Waals surface area contributed by atoms with Crippen LogP contribution in [0.4, 0.5) is 0 Å². The van der Waals surface area contributed by atoms with Gasteiger partial charge in [-0.05, 0) is 31.0 Å². The van der Waals surface area contributed by atoms with Crippen LogP contribution in [0, 0.1) is 0 Å². The molecule has 0 atom stereocenters. The minimum absolute atomic E-state index is 0.0413. The van der Waals surface area contributed by atoms with Gasteiger partial charge in [-0.3, -0.25) is 4.79 Å². The van der Waals surface area contributed by atoms with E-state index in [1.54, 1.807) is 23.4 Å². The fourth-order valence-corrected chi connectivity index (χ4v) is 3.64. The molecule has 1 aliphatic heterocycles. The highest BCUT2D eigenvalue weighted by molar-refractivity contribution is 7.87. The molecular formula is C15H21N5O3S. The Balaban J connectivity index is 1.62. The summed E-state index contributed by atoms with van der Waals surface area (Å²) in [5, 5.41) is 0. The van der Waals surface area contributed by atoms with Gasteiger partial charge in [-0.1, -0.05) is 0 Å². The number of aromatic nitrogens is 2. The molecule has 1 aliphatic rings. The Labute approximate surface area is 141 Å². The lowest BCUT2D eigenvalue weighted by molar-refractivity contribution is 0.0711. The summed E-state index contributed by atoms with van der Waals surface area (Å²) in [6, 6.07) is 5.24. The quantitative estimate of drug-likeness (QED) is 0.841. The van der Waals surface area contributed by atoms with Crippen LogP contribution in [0.2, 0.25) is 0 Å². The zero-order chi connectivity index (χ0) is 17.3. The molecule has 0 unspecified atom stereocenters. The number of likely N-dealkylation sites (tertiary alicyclic amines) is 1. The van der Waals surface area contributed by atoms with Crippen molar-refractivity contribution in [2.75, 3.05) is 27.2 Å². The number of carbonyl (C=O) groups is 1. The lowest BCUT2D eigenvalue weighted by atomic mass is 10.0. The minimum Gasteiger partial charge on any atom is -0.345 e. The van der Waals surface area contributed by atoms with E-state index in [0.717, 1.165) is 15.3 Å². The molecule has 1 aromatic heterocycles. The Morgan fingerprint density at radius 1 is 1.33 bits per heavy atom. The number of nitrogens with zero attached hydrogens (tertiary/aromatic N) is 3. The fourth-order valence-electron chi connectivity index (χ4n) is 2.77. The van der Waals surface area contributed by atoms with Gasteiger partial charge < -0.3 is 9.88 Å². The highest BCUT2D eigenvalue weighted by Crippen LogP contribution is 2.17. The highest BCUT2D eigenvalue weighted by atomic mass is 32.2. The second-order valence-corrected chi connectivity index (χ2v) is 8.02. The first-order chi connectivity index (χ1) is 11.4. The number of hydrogen-bond donors (Lipinski definition) is 2. The number of carbonyl (C=O) groups excluding carboxylic acids is 1. The second kappa shape index (κ2) is 6.50. The van der Waals surface area contributed by atoms with Crippen LogP contribution in [-0.4, -0.2) is 66.7 Å². The molecule has 0 aliphatic carbocycles. The molecule has 1 aromatic carbocycles. The topological polar surface area (TPSA) is 98.4 Å². The number of H-pyrrole nitrogens is 1. The van der Waals surface area contributed by atoms with Gasteiger partial charge in [-0.15, -0.1) is 0 Å². The molecule has 2 heterocycles. The summed E-state index contributed by atoms with van der Waals surface area (Å²) in [5.74, 6) is -0.0413. The Hall–Kier alpha value is -1.97. The van der Waals surface area contributed by atoms with Crippen LogP contribution < -0.4 is 4.72 Å². The van der Waals surface area contributed by atoms with Crippen LogP contribution in [0.3, 0.4) is 0 Å². The Kier molecular flexibility index (Phi) is 4.57. The first-order valence-electron chi connectivity index (χ1n) is 7.79. The number of fused-ring (bicyclic) bond motifs is 1. The predicted octanol–water partition coefficient (Wildman–Crippen LogP) is 0.564. The molecule has 8 nitrogen and oxygen atoms in total. The molecule has 1 fully saturated rings. The van der Waals surface area contributed by atoms with Crippen LogP contribution in [0.1, 0.15) is 23.2 Å². The molecule has 130 valence electrons. The van der Waals surface area contributed by atoms with Gasteiger partial charge in [0.05, 0.1) is 17.4 Å². The maximum Gasteiger partial charge on any atom is 0.279 e. The standard InChI is InChI=1S/C15H21N5O3S/c1-19(2)24(22,23)18-12-5-7-20(8-6-12)15(21)11-3-4-13-14(9-11)17-10-16-13/h3-4,9-10,12,18H,5-8H2,1-2H3,(H,16,17). The number of rotatable bonds is 4. The molecule has 3 rings (SSSR count). The molecule has 0 spiro atoms. The zero-order valence-corrected chi connectivity index (χ0v) is 14.5. The van der Waals surface area contributed by atoms with Crippen molar-refractivity contribution in [3.8, 4) is 0 Å². The summed E-state index contributed by atoms with van der Waals surface area (Å²) in [4.78, 5) is 21.5. The van der Waals surface area contributed by atoms with E-state index < -0.39 is 10.2 Å². The molecule has 0 radical (unpaired) electrons. The van der Waals surface area contributed by atoms with E-state index in [1.165, 1.54) is 14.1 Å². The van der Waals surface area contributed by atoms with E-state index >= 15 is 0 Å². The molecular weight excluding hydrogens is 330 g/mol. The lowest BCUT2D eigenvalue weighted by Gasteiger charge is -2.32. The van der Waals surface area contributed by atoms with Crippen molar-refractivity contribution in [1.82, 2.24) is 23.9 Å². The van der Waals surface area contributed by atoms with Gasteiger partial charge in [0.1, 0.15) is 0 Å². The molecule has 1 amide bonds. The third kappa shape index (κ3) is 3.42. The Morgan fingerprint density at radius 3 is 2.71 bits per heavy atom. The Bertz CT molecular complexity index is 838. The van der Waals surface area contributed by atoms with Crippen LogP contribution in [0.5, 0.6) is 0 Å². The van der Waals surface area contributed by atoms with Crippen molar-refractivity contribution in [2.45, 2.75) is 18.9 Å². The Morgan fingerprint density at radius 2 is 2.04 bits per heavy atom. The van der Waals surface area contributed by atoms with Crippen molar-refractivity contribution in [1.29, 1.82) is 0 Å². The fraction of sp³-hybridized carbons (Fsp3) is 0.467. The van der Waals surface area contributed by atoms with E-state index in [1.807, 2.05) is 6.07 Å². The molecule has 1 saturated heterocycles. The van der Waals surface area contributed by atoms with Crippen molar-refractivity contribution in [2.24, 2.45) is 0 Å². The van der Waals surface area contributed by atoms with Crippen molar-refractivity contribution in [3.63, 3.8) is 0 Å². The normalized spacial score (nSPS) is 16.9. The van der Waals surface area contributed by atoms with E-state index in [4.69, 9.17) is 0 Å². The molecule has 9 heteroatoms. The molecule has 2 aromatic rings. The monoisotopic (exact) mass is 351 g/mol. The average Bonchev–Trinajstić information content (AvgIpc) is 3.02. The number of nitrogens with one attached hydrogen (secondary N) is 2. The summed E-state index contributed by atoms with van der Waals surface area (Å²) in [6.07, 6.45) is 2.80. The van der Waals surface area contributed by atoms with E-state index in [-0.39, 0.29) is 11.9 Å². The molecule has 2 N–H and O–H groups in total. The van der Waals surface area contributed by atoms with Gasteiger partial charge in [-0.2, -0.15) is 17.4 Å². The number of amides is 1. The number of imidazole rings is 1. The van der Waals surface area contributed by atoms with Gasteiger partial charge >= 0.3 is 0 Å². The third-order valence-electron chi connectivity index (χ3n) is 4.25. The number of piperidine rings is 1. The van der Waals surface area contributed by atoms with Crippen molar-refractivity contribution >= 4 is 27.1 Å². The maximum absolute atomic E-state index is 12.6. The van der Waals surface area contributed by atoms with Gasteiger partial charge in [0.25, 0.3) is 16.1 Å². The summed E-state index contributed by atoms with van der Waals surface area (Å²) in [7, 11) is -0.452. The SMILES string of the molecule is CN(C)S(=O)(=O)NC1CCN(C(=O)c2ccc3nc[nH]c3c2)CC1. The number of hydrogen-bond acceptors (Lipinski definition) is 4. The molecule has 0 saturated carbocycles. The summed E-state index contributed by atoms with van der Waals surface area (Å²) in [6.45, 7) is 1.06. The smallest absolute Gasteiger partial charge is 0.279 e. The maximum atomic E-state index is 12.6. The van der Waals surface area contributed by atoms with Gasteiger partial charge in [-0.25, -0.2) is 4.98 Å².